The Bertz CT molecular complexity index is 2130. The molecule has 1 aliphatic rings. The molecule has 0 spiro atoms. The van der Waals surface area contributed by atoms with E-state index in [0.29, 0.717) is 27.4 Å². The molecular formula is C39H30ClNO4. The van der Waals surface area contributed by atoms with Crippen LogP contribution in [0.3, 0.4) is 0 Å². The van der Waals surface area contributed by atoms with Gasteiger partial charge in [-0.25, -0.2) is 0 Å². The number of hydrogen-bond donors (Lipinski definition) is 2. The van der Waals surface area contributed by atoms with Crippen molar-refractivity contribution in [3.8, 4) is 44.9 Å². The molecule has 0 unspecified atom stereocenters. The van der Waals surface area contributed by atoms with Crippen LogP contribution in [0, 0.1) is 0 Å². The number of pyridine rings is 1. The molecular weight excluding hydrogens is 582 g/mol. The summed E-state index contributed by atoms with van der Waals surface area (Å²) in [5.41, 5.74) is 8.00. The van der Waals surface area contributed by atoms with Crippen molar-refractivity contribution in [1.29, 1.82) is 0 Å². The third-order valence-electron chi connectivity index (χ3n) is 8.46. The molecule has 7 rings (SSSR count). The van der Waals surface area contributed by atoms with E-state index in [1.807, 2.05) is 91.0 Å². The fourth-order valence-electron chi connectivity index (χ4n) is 6.18. The number of H-pyrrole nitrogens is 1. The van der Waals surface area contributed by atoms with Crippen LogP contribution in [0.4, 0.5) is 0 Å². The lowest BCUT2D eigenvalue weighted by atomic mass is 9.92. The number of aromatic nitrogens is 1. The number of carbonyl (C=O) groups is 1. The number of phenols is 1. The summed E-state index contributed by atoms with van der Waals surface area (Å²) in [7, 11) is 0. The van der Waals surface area contributed by atoms with Crippen molar-refractivity contribution in [3.63, 3.8) is 0 Å². The fraction of sp³-hybridized carbons (Fsp3) is 0.128. The minimum absolute atomic E-state index is 0.0820. The maximum atomic E-state index is 13.2. The van der Waals surface area contributed by atoms with E-state index in [-0.39, 0.29) is 23.7 Å². The average molecular weight is 612 g/mol. The molecule has 1 aromatic heterocycles. The van der Waals surface area contributed by atoms with Gasteiger partial charge in [0.05, 0.1) is 11.4 Å². The van der Waals surface area contributed by atoms with E-state index in [9.17, 15) is 14.7 Å². The van der Waals surface area contributed by atoms with Crippen LogP contribution in [0.25, 0.3) is 44.3 Å². The molecule has 6 aromatic rings. The molecule has 0 atom stereocenters. The van der Waals surface area contributed by atoms with Crippen LogP contribution in [-0.4, -0.2) is 16.1 Å². The molecule has 5 nitrogen and oxygen atoms in total. The molecule has 0 saturated carbocycles. The first kappa shape index (κ1) is 28.6. The van der Waals surface area contributed by atoms with Gasteiger partial charge >= 0.3 is 5.97 Å². The number of aryl methyl sites for hydroxylation is 2. The van der Waals surface area contributed by atoms with E-state index in [1.54, 1.807) is 12.1 Å². The first-order chi connectivity index (χ1) is 21.9. The highest BCUT2D eigenvalue weighted by atomic mass is 35.5. The highest BCUT2D eigenvalue weighted by Crippen LogP contribution is 2.37. The summed E-state index contributed by atoms with van der Waals surface area (Å²) in [6.45, 7) is 0. The lowest BCUT2D eigenvalue weighted by Crippen LogP contribution is -2.13. The summed E-state index contributed by atoms with van der Waals surface area (Å²) < 4.78 is 5.68. The number of phenolic OH excluding ortho intramolecular Hbond substituents is 1. The zero-order valence-electron chi connectivity index (χ0n) is 24.5. The molecule has 0 bridgehead atoms. The van der Waals surface area contributed by atoms with Crippen molar-refractivity contribution in [2.45, 2.75) is 32.1 Å². The Labute approximate surface area is 265 Å². The molecule has 1 aliphatic carbocycles. The Hall–Kier alpha value is -5.13. The summed E-state index contributed by atoms with van der Waals surface area (Å²) in [6.07, 6.45) is 4.53. The first-order valence-electron chi connectivity index (χ1n) is 15.1. The maximum absolute atomic E-state index is 13.2. The second kappa shape index (κ2) is 12.1. The van der Waals surface area contributed by atoms with Gasteiger partial charge in [-0.3, -0.25) is 9.59 Å². The summed E-state index contributed by atoms with van der Waals surface area (Å²) in [6, 6.07) is 34.0. The summed E-state index contributed by atoms with van der Waals surface area (Å²) in [5.74, 6) is 0.371. The smallest absolute Gasteiger partial charge is 0.315 e. The van der Waals surface area contributed by atoms with Gasteiger partial charge < -0.3 is 14.8 Å². The monoisotopic (exact) mass is 611 g/mol. The Kier molecular flexibility index (Phi) is 7.70. The van der Waals surface area contributed by atoms with Gasteiger partial charge in [-0.1, -0.05) is 84.4 Å². The van der Waals surface area contributed by atoms with Crippen molar-refractivity contribution in [1.82, 2.24) is 4.98 Å². The molecule has 5 aromatic carbocycles. The van der Waals surface area contributed by atoms with Gasteiger partial charge in [-0.15, -0.1) is 0 Å². The van der Waals surface area contributed by atoms with Crippen LogP contribution in [-0.2, 0) is 24.1 Å². The Morgan fingerprint density at radius 3 is 2.31 bits per heavy atom. The topological polar surface area (TPSA) is 79.4 Å². The number of nitrogens with one attached hydrogen (secondary N) is 1. The van der Waals surface area contributed by atoms with E-state index in [4.69, 9.17) is 16.3 Å². The largest absolute Gasteiger partial charge is 0.507 e. The van der Waals surface area contributed by atoms with Crippen molar-refractivity contribution in [2.75, 3.05) is 0 Å². The molecule has 222 valence electrons. The number of benzene rings is 5. The van der Waals surface area contributed by atoms with Crippen molar-refractivity contribution >= 4 is 28.5 Å². The van der Waals surface area contributed by atoms with Gasteiger partial charge in [0.1, 0.15) is 11.5 Å². The van der Waals surface area contributed by atoms with Crippen molar-refractivity contribution in [3.05, 3.63) is 141 Å². The Morgan fingerprint density at radius 1 is 0.733 bits per heavy atom. The predicted octanol–water partition coefficient (Wildman–Crippen LogP) is 8.92. The SMILES string of the molecule is O=C(Cc1cccc(-c2cc3cc(-c4ccc(-c5ccccc5)c(O)c4)c(Cl)cc3[nH]c2=O)c1)Oc1ccc2c(c1)CCCC2. The molecule has 0 saturated heterocycles. The number of fused-ring (bicyclic) bond motifs is 2. The maximum Gasteiger partial charge on any atom is 0.315 e. The van der Waals surface area contributed by atoms with Crippen LogP contribution in [0.15, 0.2) is 114 Å². The normalized spacial score (nSPS) is 12.6. The van der Waals surface area contributed by atoms with Crippen molar-refractivity contribution in [2.24, 2.45) is 0 Å². The van der Waals surface area contributed by atoms with Crippen LogP contribution in [0.5, 0.6) is 11.5 Å². The van der Waals surface area contributed by atoms with Crippen LogP contribution in [0.2, 0.25) is 5.02 Å². The minimum Gasteiger partial charge on any atom is -0.507 e. The molecule has 6 heteroatoms. The molecule has 1 heterocycles. The Morgan fingerprint density at radius 2 is 1.49 bits per heavy atom. The fourth-order valence-corrected chi connectivity index (χ4v) is 6.45. The molecule has 0 amide bonds. The number of aromatic hydroxyl groups is 1. The first-order valence-corrected chi connectivity index (χ1v) is 15.5. The third-order valence-corrected chi connectivity index (χ3v) is 8.78. The molecule has 0 aliphatic heterocycles. The molecule has 2 N–H and O–H groups in total. The highest BCUT2D eigenvalue weighted by molar-refractivity contribution is 6.34. The number of rotatable bonds is 6. The average Bonchev–Trinajstić information content (AvgIpc) is 3.04. The second-order valence-corrected chi connectivity index (χ2v) is 11.9. The van der Waals surface area contributed by atoms with E-state index >= 15 is 0 Å². The number of esters is 1. The summed E-state index contributed by atoms with van der Waals surface area (Å²) >= 11 is 6.67. The Balaban J connectivity index is 1.15. The van der Waals surface area contributed by atoms with Crippen molar-refractivity contribution < 1.29 is 14.6 Å². The molecule has 45 heavy (non-hydrogen) atoms. The van der Waals surface area contributed by atoms with Crippen LogP contribution in [0.1, 0.15) is 29.5 Å². The van der Waals surface area contributed by atoms with Gasteiger partial charge in [-0.05, 0) is 101 Å². The zero-order valence-corrected chi connectivity index (χ0v) is 25.2. The van der Waals surface area contributed by atoms with Gasteiger partial charge in [0.2, 0.25) is 0 Å². The van der Waals surface area contributed by atoms with E-state index in [1.165, 1.54) is 17.5 Å². The third kappa shape index (κ3) is 6.00. The quantitative estimate of drug-likeness (QED) is 0.146. The van der Waals surface area contributed by atoms with E-state index in [2.05, 4.69) is 11.1 Å². The number of aromatic amines is 1. The lowest BCUT2D eigenvalue weighted by molar-refractivity contribution is -0.133. The second-order valence-electron chi connectivity index (χ2n) is 11.5. The lowest BCUT2D eigenvalue weighted by Gasteiger charge is -2.16. The van der Waals surface area contributed by atoms with Crippen LogP contribution < -0.4 is 10.3 Å². The number of halogens is 1. The van der Waals surface area contributed by atoms with Gasteiger partial charge in [-0.2, -0.15) is 0 Å². The van der Waals surface area contributed by atoms with Gasteiger partial charge in [0.15, 0.2) is 0 Å². The van der Waals surface area contributed by atoms with E-state index in [0.717, 1.165) is 52.5 Å². The highest BCUT2D eigenvalue weighted by Gasteiger charge is 2.15. The minimum atomic E-state index is -0.351. The summed E-state index contributed by atoms with van der Waals surface area (Å²) in [4.78, 5) is 29.0. The summed E-state index contributed by atoms with van der Waals surface area (Å²) in [5, 5.41) is 12.1. The number of ether oxygens (including phenoxy) is 1. The number of hydrogen-bond acceptors (Lipinski definition) is 4. The van der Waals surface area contributed by atoms with Gasteiger partial charge in [0.25, 0.3) is 5.56 Å². The molecule has 0 radical (unpaired) electrons. The van der Waals surface area contributed by atoms with Crippen LogP contribution >= 0.6 is 11.6 Å². The number of carbonyl (C=O) groups excluding carboxylic acids is 1. The zero-order chi connectivity index (χ0) is 30.9. The molecule has 0 fully saturated rings. The standard InChI is InChI=1S/C39H30ClNO4/c40-35-23-36-30(20-33(35)29-14-16-32(37(42)22-29)26-9-2-1-3-10-26)21-34(39(44)41-36)28-12-6-7-24(17-28)18-38(43)45-31-15-13-25-8-4-5-11-27(25)19-31/h1-3,6-7,9-10,12-17,19-23,42H,4-5,8,11,18H2,(H,41,44). The predicted molar refractivity (Wildman–Crippen MR) is 180 cm³/mol. The van der Waals surface area contributed by atoms with Gasteiger partial charge in [0, 0.05) is 22.2 Å². The van der Waals surface area contributed by atoms with E-state index < -0.39 is 0 Å².